The molecular formula is C19H27N3O2. The van der Waals surface area contributed by atoms with Crippen molar-refractivity contribution >= 4 is 17.5 Å². The van der Waals surface area contributed by atoms with E-state index in [0.717, 1.165) is 49.5 Å². The van der Waals surface area contributed by atoms with Gasteiger partial charge in [0.05, 0.1) is 11.8 Å². The van der Waals surface area contributed by atoms with Crippen LogP contribution in [0.2, 0.25) is 0 Å². The molecule has 0 aromatic heterocycles. The Hall–Kier alpha value is -1.88. The van der Waals surface area contributed by atoms with Crippen molar-refractivity contribution < 1.29 is 9.59 Å². The van der Waals surface area contributed by atoms with Crippen molar-refractivity contribution in [3.63, 3.8) is 0 Å². The summed E-state index contributed by atoms with van der Waals surface area (Å²) in [7, 11) is 1.81. The fourth-order valence-corrected chi connectivity index (χ4v) is 3.73. The molecule has 1 aromatic rings. The van der Waals surface area contributed by atoms with Crippen LogP contribution in [0, 0.1) is 0 Å². The van der Waals surface area contributed by atoms with Gasteiger partial charge in [-0.2, -0.15) is 0 Å². The molecule has 0 N–H and O–H groups in total. The molecule has 3 rings (SSSR count). The van der Waals surface area contributed by atoms with E-state index in [1.54, 1.807) is 4.90 Å². The second-order valence-corrected chi connectivity index (χ2v) is 7.33. The minimum Gasteiger partial charge on any atom is -0.340 e. The van der Waals surface area contributed by atoms with Crippen LogP contribution in [0.3, 0.4) is 0 Å². The molecule has 0 bridgehead atoms. The largest absolute Gasteiger partial charge is 0.340 e. The van der Waals surface area contributed by atoms with Crippen LogP contribution in [-0.4, -0.2) is 61.4 Å². The molecule has 130 valence electrons. The predicted octanol–water partition coefficient (Wildman–Crippen LogP) is 1.65. The summed E-state index contributed by atoms with van der Waals surface area (Å²) in [5.74, 6) is 0.290. The molecule has 0 atom stereocenters. The van der Waals surface area contributed by atoms with Gasteiger partial charge >= 0.3 is 0 Å². The van der Waals surface area contributed by atoms with Gasteiger partial charge in [-0.3, -0.25) is 9.59 Å². The molecular weight excluding hydrogens is 302 g/mol. The summed E-state index contributed by atoms with van der Waals surface area (Å²) in [5, 5.41) is 0. The molecule has 24 heavy (non-hydrogen) atoms. The van der Waals surface area contributed by atoms with E-state index in [-0.39, 0.29) is 11.8 Å². The van der Waals surface area contributed by atoms with Gasteiger partial charge in [0, 0.05) is 38.9 Å². The average Bonchev–Trinajstić information content (AvgIpc) is 2.76. The summed E-state index contributed by atoms with van der Waals surface area (Å²) in [6.07, 6.45) is 0.410. The number of hydrogen-bond acceptors (Lipinski definition) is 3. The van der Waals surface area contributed by atoms with Crippen LogP contribution in [0.4, 0.5) is 5.69 Å². The first-order valence-corrected chi connectivity index (χ1v) is 8.76. The maximum atomic E-state index is 12.6. The van der Waals surface area contributed by atoms with Crippen molar-refractivity contribution in [1.82, 2.24) is 9.80 Å². The standard InChI is InChI=1S/C19H27N3O2/c1-5-21-8-10-22(11-9-21)17(23)13-14-6-7-16-15(12-14)19(2,3)18(24)20(16)4/h6-7,12H,5,8-11,13H2,1-4H3. The molecule has 0 saturated carbocycles. The van der Waals surface area contributed by atoms with Crippen molar-refractivity contribution in [3.05, 3.63) is 29.3 Å². The molecule has 5 heteroatoms. The number of rotatable bonds is 3. The number of piperazine rings is 1. The molecule has 2 heterocycles. The molecule has 2 aliphatic rings. The SMILES string of the molecule is CCN1CCN(C(=O)Cc2ccc3c(c2)C(C)(C)C(=O)N3C)CC1. The fraction of sp³-hybridized carbons (Fsp3) is 0.579. The molecule has 0 unspecified atom stereocenters. The Balaban J connectivity index is 1.73. The predicted molar refractivity (Wildman–Crippen MR) is 95.3 cm³/mol. The lowest BCUT2D eigenvalue weighted by Gasteiger charge is -2.34. The molecule has 1 aromatic carbocycles. The fourth-order valence-electron chi connectivity index (χ4n) is 3.73. The van der Waals surface area contributed by atoms with Crippen molar-refractivity contribution in [1.29, 1.82) is 0 Å². The Morgan fingerprint density at radius 3 is 2.46 bits per heavy atom. The van der Waals surface area contributed by atoms with Crippen molar-refractivity contribution in [2.45, 2.75) is 32.6 Å². The van der Waals surface area contributed by atoms with Crippen LogP contribution >= 0.6 is 0 Å². The minimum atomic E-state index is -0.518. The number of likely N-dealkylation sites (N-methyl/N-ethyl adjacent to an activating group) is 2. The van der Waals surface area contributed by atoms with Crippen LogP contribution in [0.1, 0.15) is 31.9 Å². The summed E-state index contributed by atoms with van der Waals surface area (Å²) in [4.78, 5) is 31.0. The highest BCUT2D eigenvalue weighted by molar-refractivity contribution is 6.07. The summed E-state index contributed by atoms with van der Waals surface area (Å²) < 4.78 is 0. The number of hydrogen-bond donors (Lipinski definition) is 0. The number of nitrogens with zero attached hydrogens (tertiary/aromatic N) is 3. The van der Waals surface area contributed by atoms with E-state index in [9.17, 15) is 9.59 Å². The molecule has 0 spiro atoms. The van der Waals surface area contributed by atoms with Crippen LogP contribution in [0.25, 0.3) is 0 Å². The van der Waals surface area contributed by atoms with Gasteiger partial charge in [0.15, 0.2) is 0 Å². The monoisotopic (exact) mass is 329 g/mol. The smallest absolute Gasteiger partial charge is 0.236 e. The maximum absolute atomic E-state index is 12.6. The van der Waals surface area contributed by atoms with E-state index >= 15 is 0 Å². The highest BCUT2D eigenvalue weighted by Gasteiger charge is 2.42. The maximum Gasteiger partial charge on any atom is 0.236 e. The number of fused-ring (bicyclic) bond motifs is 1. The first kappa shape index (κ1) is 17.0. The number of amides is 2. The van der Waals surface area contributed by atoms with Crippen LogP contribution in [0.15, 0.2) is 18.2 Å². The Kier molecular flexibility index (Phi) is 4.38. The van der Waals surface area contributed by atoms with Crippen LogP contribution in [-0.2, 0) is 21.4 Å². The normalized spacial score (nSPS) is 20.4. The number of anilines is 1. The molecule has 5 nitrogen and oxygen atoms in total. The quantitative estimate of drug-likeness (QED) is 0.847. The van der Waals surface area contributed by atoms with E-state index in [1.807, 2.05) is 44.0 Å². The Morgan fingerprint density at radius 1 is 1.17 bits per heavy atom. The minimum absolute atomic E-state index is 0.108. The lowest BCUT2D eigenvalue weighted by Crippen LogP contribution is -2.48. The topological polar surface area (TPSA) is 43.9 Å². The highest BCUT2D eigenvalue weighted by Crippen LogP contribution is 2.41. The third-order valence-corrected chi connectivity index (χ3v) is 5.46. The van der Waals surface area contributed by atoms with Gasteiger partial charge in [-0.05, 0) is 37.6 Å². The lowest BCUT2D eigenvalue weighted by molar-refractivity contribution is -0.132. The zero-order valence-corrected chi connectivity index (χ0v) is 15.1. The van der Waals surface area contributed by atoms with E-state index in [2.05, 4.69) is 11.8 Å². The molecule has 0 aliphatic carbocycles. The first-order chi connectivity index (χ1) is 11.3. The van der Waals surface area contributed by atoms with Gasteiger partial charge in [-0.1, -0.05) is 19.1 Å². The van der Waals surface area contributed by atoms with Crippen molar-refractivity contribution in [3.8, 4) is 0 Å². The van der Waals surface area contributed by atoms with Gasteiger partial charge in [0.1, 0.15) is 0 Å². The lowest BCUT2D eigenvalue weighted by atomic mass is 9.85. The van der Waals surface area contributed by atoms with E-state index in [4.69, 9.17) is 0 Å². The molecule has 1 saturated heterocycles. The van der Waals surface area contributed by atoms with Crippen molar-refractivity contribution in [2.75, 3.05) is 44.7 Å². The number of carbonyl (C=O) groups is 2. The van der Waals surface area contributed by atoms with E-state index < -0.39 is 5.41 Å². The van der Waals surface area contributed by atoms with Gasteiger partial charge in [-0.25, -0.2) is 0 Å². The average molecular weight is 329 g/mol. The summed E-state index contributed by atoms with van der Waals surface area (Å²) >= 11 is 0. The Labute approximate surface area is 144 Å². The first-order valence-electron chi connectivity index (χ1n) is 8.76. The molecule has 1 fully saturated rings. The van der Waals surface area contributed by atoms with E-state index in [1.165, 1.54) is 0 Å². The highest BCUT2D eigenvalue weighted by atomic mass is 16.2. The molecule has 2 aliphatic heterocycles. The zero-order chi connectivity index (χ0) is 17.5. The zero-order valence-electron chi connectivity index (χ0n) is 15.1. The third kappa shape index (κ3) is 2.81. The second kappa shape index (κ2) is 6.20. The van der Waals surface area contributed by atoms with Crippen LogP contribution in [0.5, 0.6) is 0 Å². The number of carbonyl (C=O) groups excluding carboxylic acids is 2. The molecule has 2 amide bonds. The van der Waals surface area contributed by atoms with Gasteiger partial charge in [0.2, 0.25) is 11.8 Å². The summed E-state index contributed by atoms with van der Waals surface area (Å²) in [5.41, 5.74) is 2.46. The van der Waals surface area contributed by atoms with E-state index in [0.29, 0.717) is 6.42 Å². The third-order valence-electron chi connectivity index (χ3n) is 5.46. The summed E-state index contributed by atoms with van der Waals surface area (Å²) in [6, 6.07) is 5.99. The Bertz CT molecular complexity index is 661. The Morgan fingerprint density at radius 2 is 1.83 bits per heavy atom. The van der Waals surface area contributed by atoms with Gasteiger partial charge in [0.25, 0.3) is 0 Å². The summed E-state index contributed by atoms with van der Waals surface area (Å²) in [6.45, 7) is 10.6. The van der Waals surface area contributed by atoms with Crippen LogP contribution < -0.4 is 4.90 Å². The number of benzene rings is 1. The van der Waals surface area contributed by atoms with Crippen molar-refractivity contribution in [2.24, 2.45) is 0 Å². The van der Waals surface area contributed by atoms with Gasteiger partial charge in [-0.15, -0.1) is 0 Å². The second-order valence-electron chi connectivity index (χ2n) is 7.33. The molecule has 0 radical (unpaired) electrons. The van der Waals surface area contributed by atoms with Gasteiger partial charge < -0.3 is 14.7 Å².